The number of rotatable bonds is 24. The molecule has 0 fully saturated rings. The molecule has 0 aliphatic rings. The van der Waals surface area contributed by atoms with E-state index in [2.05, 4.69) is 420 Å². The van der Waals surface area contributed by atoms with Gasteiger partial charge in [-0.2, -0.15) is 0 Å². The van der Waals surface area contributed by atoms with Crippen molar-refractivity contribution in [1.82, 2.24) is 42.4 Å². The van der Waals surface area contributed by atoms with Crippen molar-refractivity contribution in [1.29, 1.82) is 0 Å². The third-order valence-corrected chi connectivity index (χ3v) is 24.7. The SMILES string of the molecule is CC(C)c1cccc(C(C)C)c1-n1cc(CCc2cc(CCc3cn(-c4c(C(C)C)cccc4C(C)C)c(-c4[c-]cc5c(c4)c4ccccc4n5-c4ccccc4)n3)cc(CCc3cn(-c4c(C(C)C)cccc4C(C)C)c(-c4[c-]cc5c(c4)c4ccccc4n5-c4ccccc4)n3)c2)nc1-c1[c-]cc2c(c1)c1ccccc1n2-c1ccccc1.[Ir+3]. The van der Waals surface area contributed by atoms with Gasteiger partial charge in [-0.25, -0.2) is 0 Å². The van der Waals surface area contributed by atoms with Crippen LogP contribution in [0, 0.1) is 18.2 Å². The molecule has 600 valence electrons. The van der Waals surface area contributed by atoms with Crippen LogP contribution in [-0.2, 0) is 58.6 Å². The summed E-state index contributed by atoms with van der Waals surface area (Å²) in [5.74, 6) is 4.27. The van der Waals surface area contributed by atoms with E-state index in [1.54, 1.807) is 0 Å². The summed E-state index contributed by atoms with van der Waals surface area (Å²) in [7, 11) is 0. The fraction of sp³-hybridized carbons (Fsp3) is 0.216. The van der Waals surface area contributed by atoms with Crippen molar-refractivity contribution in [2.45, 2.75) is 157 Å². The van der Waals surface area contributed by atoms with Gasteiger partial charge in [-0.15, -0.1) is 71.3 Å². The Morgan fingerprint density at radius 1 is 0.248 bits per heavy atom. The number of aromatic nitrogens is 9. The van der Waals surface area contributed by atoms with Crippen LogP contribution in [0.4, 0.5) is 0 Å². The third kappa shape index (κ3) is 14.8. The molecule has 9 nitrogen and oxygen atoms in total. The second-order valence-electron chi connectivity index (χ2n) is 34.7. The van der Waals surface area contributed by atoms with Gasteiger partial charge < -0.3 is 27.4 Å². The van der Waals surface area contributed by atoms with Crippen molar-refractivity contribution >= 4 is 65.4 Å². The average Bonchev–Trinajstić information content (AvgIpc) is 1.59. The van der Waals surface area contributed by atoms with Crippen molar-refractivity contribution in [3.05, 3.63) is 377 Å². The van der Waals surface area contributed by atoms with Gasteiger partial charge in [0.25, 0.3) is 0 Å². The molecule has 0 bridgehead atoms. The maximum atomic E-state index is 5.80. The van der Waals surface area contributed by atoms with Crippen LogP contribution in [0.25, 0.3) is 134 Å². The first-order valence-corrected chi connectivity index (χ1v) is 43.3. The van der Waals surface area contributed by atoms with Crippen LogP contribution in [0.15, 0.2) is 292 Å². The number of fused-ring (bicyclic) bond motifs is 9. The fourth-order valence-corrected chi connectivity index (χ4v) is 18.9. The van der Waals surface area contributed by atoms with E-state index in [0.717, 1.165) is 140 Å². The maximum Gasteiger partial charge on any atom is 3.00 e. The van der Waals surface area contributed by atoms with E-state index in [9.17, 15) is 0 Å². The van der Waals surface area contributed by atoms with Crippen LogP contribution in [0.1, 0.15) is 186 Å². The van der Waals surface area contributed by atoms with Crippen LogP contribution in [-0.4, -0.2) is 42.4 Å². The largest absolute Gasteiger partial charge is 3.00 e. The summed E-state index contributed by atoms with van der Waals surface area (Å²) < 4.78 is 14.4. The van der Waals surface area contributed by atoms with E-state index in [4.69, 9.17) is 15.0 Å². The van der Waals surface area contributed by atoms with Crippen LogP contribution in [0.3, 0.4) is 0 Å². The number of nitrogens with zero attached hydrogens (tertiary/aromatic N) is 9. The summed E-state index contributed by atoms with van der Waals surface area (Å²) in [6.07, 6.45) is 11.5. The Hall–Kier alpha value is -12.5. The van der Waals surface area contributed by atoms with Crippen LogP contribution in [0.5, 0.6) is 0 Å². The standard InChI is InChI=1S/C111H102N9.Ir/c1-70(2)88-40-28-41-89(71(3)4)106(88)115-67-82(112-109(115)79-52-58-103-97(64-79)94-37-22-25-46-100(94)118(103)85-31-16-13-17-32-85)55-49-76-61-77(50-56-83-68-116(107-90(72(5)6)42-29-43-91(107)73(7)8)110(113-83)80-53-59-104-98(65-80)95-38-23-26-47-101(95)119(104)86-33-18-14-19-34-86)63-78(62-76)51-57-84-69-117(108-92(74(9)10)44-30-45-93(108)75(11)12)111(114-84)81-54-60-105-99(66-81)96-39-24-27-48-102(96)120(105)87-35-20-15-21-36-87;/h13-48,58-75H,49-51,55-57H2,1-12H3;/q-3;+3. The predicted molar refractivity (Wildman–Crippen MR) is 500 cm³/mol. The fourth-order valence-electron chi connectivity index (χ4n) is 18.9. The minimum Gasteiger partial charge on any atom is -0.351 e. The summed E-state index contributed by atoms with van der Waals surface area (Å²) in [5, 5.41) is 7.10. The average molecular weight is 1750 g/mol. The molecule has 121 heavy (non-hydrogen) atoms. The summed E-state index contributed by atoms with van der Waals surface area (Å²) in [6.45, 7) is 27.8. The summed E-state index contributed by atoms with van der Waals surface area (Å²) in [6, 6.07) is 112. The quantitative estimate of drug-likeness (QED) is 0.0566. The zero-order chi connectivity index (χ0) is 82.1. The molecule has 0 spiro atoms. The zero-order valence-corrected chi connectivity index (χ0v) is 73.7. The number of hydrogen-bond donors (Lipinski definition) is 0. The molecule has 0 aliphatic heterocycles. The molecular formula is C111H102IrN9. The summed E-state index contributed by atoms with van der Waals surface area (Å²) >= 11 is 0. The number of aryl methyl sites for hydroxylation is 6. The second-order valence-corrected chi connectivity index (χ2v) is 34.7. The molecule has 19 aromatic rings. The molecule has 0 amide bonds. The van der Waals surface area contributed by atoms with Gasteiger partial charge >= 0.3 is 20.1 Å². The normalized spacial score (nSPS) is 12.0. The maximum absolute atomic E-state index is 5.80. The smallest absolute Gasteiger partial charge is 0.351 e. The van der Waals surface area contributed by atoms with Gasteiger partial charge in [0, 0.05) is 86.3 Å². The minimum absolute atomic E-state index is 0. The Labute approximate surface area is 725 Å². The van der Waals surface area contributed by atoms with Crippen LogP contribution in [0.2, 0.25) is 0 Å². The van der Waals surface area contributed by atoms with E-state index in [0.29, 0.717) is 0 Å². The molecular weight excluding hydrogens is 1650 g/mol. The second kappa shape index (κ2) is 33.3. The Morgan fingerprint density at radius 3 is 0.736 bits per heavy atom. The summed E-state index contributed by atoms with van der Waals surface area (Å²) in [5.41, 5.74) is 31.4. The van der Waals surface area contributed by atoms with Crippen molar-refractivity contribution in [3.8, 4) is 68.3 Å². The van der Waals surface area contributed by atoms with Gasteiger partial charge in [0.1, 0.15) is 0 Å². The molecule has 13 aromatic carbocycles. The summed E-state index contributed by atoms with van der Waals surface area (Å²) in [4.78, 5) is 17.4. The molecule has 0 N–H and O–H groups in total. The monoisotopic (exact) mass is 1750 g/mol. The van der Waals surface area contributed by atoms with E-state index in [1.165, 1.54) is 99.5 Å². The third-order valence-electron chi connectivity index (χ3n) is 24.7. The van der Waals surface area contributed by atoms with Crippen molar-refractivity contribution in [3.63, 3.8) is 0 Å². The number of imidazole rings is 3. The first kappa shape index (κ1) is 79.6. The van der Waals surface area contributed by atoms with Crippen LogP contribution < -0.4 is 0 Å². The van der Waals surface area contributed by atoms with Gasteiger partial charge in [0.2, 0.25) is 0 Å². The van der Waals surface area contributed by atoms with Gasteiger partial charge in [0.05, 0.1) is 17.5 Å². The molecule has 10 heteroatoms. The van der Waals surface area contributed by atoms with E-state index < -0.39 is 0 Å². The van der Waals surface area contributed by atoms with Crippen molar-refractivity contribution < 1.29 is 20.1 Å². The first-order chi connectivity index (χ1) is 58.5. The zero-order valence-electron chi connectivity index (χ0n) is 71.3. The van der Waals surface area contributed by atoms with Crippen molar-refractivity contribution in [2.75, 3.05) is 0 Å². The molecule has 0 unspecified atom stereocenters. The molecule has 19 rings (SSSR count). The van der Waals surface area contributed by atoms with E-state index >= 15 is 0 Å². The molecule has 6 heterocycles. The number of hydrogen-bond acceptors (Lipinski definition) is 3. The number of benzene rings is 13. The Morgan fingerprint density at radius 2 is 0.488 bits per heavy atom. The van der Waals surface area contributed by atoms with E-state index in [1.807, 2.05) is 0 Å². The molecule has 0 saturated carbocycles. The Kier molecular flexibility index (Phi) is 21.9. The Bertz CT molecular complexity index is 6290. The van der Waals surface area contributed by atoms with Crippen LogP contribution >= 0.6 is 0 Å². The van der Waals surface area contributed by atoms with Gasteiger partial charge in [-0.3, -0.25) is 15.0 Å². The van der Waals surface area contributed by atoms with Gasteiger partial charge in [-0.05, 0) is 211 Å². The van der Waals surface area contributed by atoms with Crippen molar-refractivity contribution in [2.24, 2.45) is 0 Å². The molecule has 6 aromatic heterocycles. The predicted octanol–water partition coefficient (Wildman–Crippen LogP) is 28.0. The van der Waals surface area contributed by atoms with Gasteiger partial charge in [-0.1, -0.05) is 281 Å². The topological polar surface area (TPSA) is 68.2 Å². The molecule has 0 aliphatic carbocycles. The van der Waals surface area contributed by atoms with E-state index in [-0.39, 0.29) is 55.6 Å². The molecule has 0 saturated heterocycles. The molecule has 0 atom stereocenters. The minimum atomic E-state index is 0. The first-order valence-electron chi connectivity index (χ1n) is 43.3. The van der Waals surface area contributed by atoms with Gasteiger partial charge in [0.15, 0.2) is 0 Å². The number of para-hydroxylation sites is 9. The molecule has 0 radical (unpaired) electrons. The Balaban J connectivity index is 0.0000100.